The van der Waals surface area contributed by atoms with Crippen LogP contribution in [0.1, 0.15) is 18.4 Å². The van der Waals surface area contributed by atoms with Gasteiger partial charge in [-0.25, -0.2) is 0 Å². The van der Waals surface area contributed by atoms with Crippen LogP contribution in [0.5, 0.6) is 0 Å². The first-order valence-corrected chi connectivity index (χ1v) is 8.56. The molecule has 114 valence electrons. The molecule has 0 spiro atoms. The van der Waals surface area contributed by atoms with Crippen molar-refractivity contribution in [2.45, 2.75) is 24.7 Å². The van der Waals surface area contributed by atoms with Crippen molar-refractivity contribution in [3.05, 3.63) is 77.9 Å². The predicted molar refractivity (Wildman–Crippen MR) is 91.6 cm³/mol. The third kappa shape index (κ3) is 4.97. The van der Waals surface area contributed by atoms with E-state index in [4.69, 9.17) is 0 Å². The first-order valence-electron chi connectivity index (χ1n) is 7.12. The molecule has 1 aliphatic rings. The van der Waals surface area contributed by atoms with E-state index in [-0.39, 0.29) is 4.90 Å². The first-order chi connectivity index (χ1) is 10.6. The van der Waals surface area contributed by atoms with E-state index in [0.29, 0.717) is 6.42 Å². The van der Waals surface area contributed by atoms with Gasteiger partial charge >= 0.3 is 0 Å². The lowest BCUT2D eigenvalue weighted by atomic mass is 10.1. The molecule has 0 saturated heterocycles. The summed E-state index contributed by atoms with van der Waals surface area (Å²) < 4.78 is 27.6. The Kier molecular flexibility index (Phi) is 5.67. The maximum Gasteiger partial charge on any atom is 0.281 e. The van der Waals surface area contributed by atoms with Crippen molar-refractivity contribution in [2.24, 2.45) is 4.40 Å². The summed E-state index contributed by atoms with van der Waals surface area (Å²) in [5.41, 5.74) is 2.24. The van der Waals surface area contributed by atoms with Crippen molar-refractivity contribution in [3.63, 3.8) is 0 Å². The number of rotatable bonds is 5. The van der Waals surface area contributed by atoms with Gasteiger partial charge in [0, 0.05) is 12.6 Å². The summed E-state index contributed by atoms with van der Waals surface area (Å²) in [4.78, 5) is 0.222. The summed E-state index contributed by atoms with van der Waals surface area (Å²) in [5, 5.41) is 0. The van der Waals surface area contributed by atoms with Gasteiger partial charge in [-0.1, -0.05) is 60.2 Å². The molecular formula is C18H19NO2S. The molecule has 2 rings (SSSR count). The Morgan fingerprint density at radius 1 is 1.18 bits per heavy atom. The topological polar surface area (TPSA) is 46.5 Å². The van der Waals surface area contributed by atoms with Crippen LogP contribution in [0.3, 0.4) is 0 Å². The van der Waals surface area contributed by atoms with Crippen molar-refractivity contribution in [1.82, 2.24) is 0 Å². The molecule has 0 saturated carbocycles. The largest absolute Gasteiger partial charge is 0.281 e. The standard InChI is InChI=1S/C18H19NO2S/c1-16-11-13-18(14-12-16)22(20,21)19-15-7-3-6-10-17-8-4-2-5-9-17/h2-6,8,10-15H,7,9H2,1H3/b6-3-,17-10-,19-15?. The first kappa shape index (κ1) is 16.2. The van der Waals surface area contributed by atoms with E-state index in [2.05, 4.69) is 16.5 Å². The number of hydrogen-bond acceptors (Lipinski definition) is 2. The molecule has 0 atom stereocenters. The lowest BCUT2D eigenvalue weighted by Crippen LogP contribution is -1.97. The van der Waals surface area contributed by atoms with Gasteiger partial charge in [0.05, 0.1) is 4.90 Å². The van der Waals surface area contributed by atoms with Crippen molar-refractivity contribution in [1.29, 1.82) is 0 Å². The molecule has 0 radical (unpaired) electrons. The van der Waals surface area contributed by atoms with Crippen molar-refractivity contribution in [2.75, 3.05) is 0 Å². The summed E-state index contributed by atoms with van der Waals surface area (Å²) in [7, 11) is -3.58. The minimum Gasteiger partial charge on any atom is -0.199 e. The molecule has 0 unspecified atom stereocenters. The quantitative estimate of drug-likeness (QED) is 0.767. The molecule has 0 heterocycles. The van der Waals surface area contributed by atoms with Crippen LogP contribution < -0.4 is 0 Å². The number of aryl methyl sites for hydroxylation is 1. The molecule has 0 N–H and O–H groups in total. The zero-order valence-electron chi connectivity index (χ0n) is 12.5. The number of nitrogens with zero attached hydrogens (tertiary/aromatic N) is 1. The molecule has 0 fully saturated rings. The number of allylic oxidation sites excluding steroid dienone is 8. The van der Waals surface area contributed by atoms with Gasteiger partial charge in [-0.3, -0.25) is 0 Å². The average Bonchev–Trinajstić information content (AvgIpc) is 2.52. The molecule has 22 heavy (non-hydrogen) atoms. The van der Waals surface area contributed by atoms with E-state index < -0.39 is 10.0 Å². The Bertz CT molecular complexity index is 749. The van der Waals surface area contributed by atoms with Gasteiger partial charge in [-0.2, -0.15) is 12.8 Å². The number of hydrogen-bond donors (Lipinski definition) is 0. The molecule has 3 nitrogen and oxygen atoms in total. The van der Waals surface area contributed by atoms with Crippen molar-refractivity contribution in [3.8, 4) is 0 Å². The second-order valence-corrected chi connectivity index (χ2v) is 6.61. The van der Waals surface area contributed by atoms with Crippen LogP contribution in [0.2, 0.25) is 0 Å². The highest BCUT2D eigenvalue weighted by atomic mass is 32.2. The van der Waals surface area contributed by atoms with Gasteiger partial charge in [-0.05, 0) is 31.1 Å². The van der Waals surface area contributed by atoms with Gasteiger partial charge < -0.3 is 0 Å². The van der Waals surface area contributed by atoms with Crippen LogP contribution in [0, 0.1) is 6.92 Å². The Balaban J connectivity index is 1.90. The molecule has 0 aliphatic heterocycles. The second-order valence-electron chi connectivity index (χ2n) is 4.97. The average molecular weight is 313 g/mol. The van der Waals surface area contributed by atoms with Gasteiger partial charge in [0.25, 0.3) is 10.0 Å². The smallest absolute Gasteiger partial charge is 0.199 e. The van der Waals surface area contributed by atoms with E-state index in [0.717, 1.165) is 12.0 Å². The molecule has 1 aromatic rings. The Morgan fingerprint density at radius 3 is 2.64 bits per heavy atom. The molecule has 4 heteroatoms. The van der Waals surface area contributed by atoms with Crippen molar-refractivity contribution >= 4 is 16.2 Å². The van der Waals surface area contributed by atoms with Crippen molar-refractivity contribution < 1.29 is 8.42 Å². The minimum atomic E-state index is -3.58. The van der Waals surface area contributed by atoms with Gasteiger partial charge in [0.2, 0.25) is 0 Å². The normalized spacial score (nSPS) is 17.0. The number of sulfonamides is 1. The van der Waals surface area contributed by atoms with E-state index >= 15 is 0 Å². The third-order valence-corrected chi connectivity index (χ3v) is 4.43. The maximum atomic E-state index is 12.0. The molecule has 0 amide bonds. The van der Waals surface area contributed by atoms with Gasteiger partial charge in [-0.15, -0.1) is 0 Å². The second kappa shape index (κ2) is 7.71. The Hall–Kier alpha value is -2.20. The van der Waals surface area contributed by atoms with Crippen LogP contribution >= 0.6 is 0 Å². The summed E-state index contributed by atoms with van der Waals surface area (Å²) >= 11 is 0. The van der Waals surface area contributed by atoms with E-state index in [1.54, 1.807) is 24.3 Å². The fourth-order valence-corrected chi connectivity index (χ4v) is 2.78. The lowest BCUT2D eigenvalue weighted by Gasteiger charge is -1.99. The fraction of sp³-hybridized carbons (Fsp3) is 0.167. The Labute approximate surface area is 132 Å². The molecule has 1 aliphatic carbocycles. The monoisotopic (exact) mass is 313 g/mol. The molecule has 0 bridgehead atoms. The van der Waals surface area contributed by atoms with Crippen LogP contribution in [0.25, 0.3) is 0 Å². The maximum absolute atomic E-state index is 12.0. The molecule has 0 aromatic heterocycles. The highest BCUT2D eigenvalue weighted by Crippen LogP contribution is 2.13. The van der Waals surface area contributed by atoms with Gasteiger partial charge in [0.1, 0.15) is 0 Å². The van der Waals surface area contributed by atoms with E-state index in [1.165, 1.54) is 11.8 Å². The van der Waals surface area contributed by atoms with E-state index in [1.807, 2.05) is 37.3 Å². The van der Waals surface area contributed by atoms with Crippen LogP contribution in [-0.2, 0) is 10.0 Å². The van der Waals surface area contributed by atoms with Crippen LogP contribution in [-0.4, -0.2) is 14.6 Å². The Morgan fingerprint density at radius 2 is 1.95 bits per heavy atom. The summed E-state index contributed by atoms with van der Waals surface area (Å²) in [6, 6.07) is 6.68. The summed E-state index contributed by atoms with van der Waals surface area (Å²) in [6.45, 7) is 1.91. The zero-order chi connectivity index (χ0) is 15.8. The lowest BCUT2D eigenvalue weighted by molar-refractivity contribution is 0.598. The van der Waals surface area contributed by atoms with Crippen LogP contribution in [0.4, 0.5) is 0 Å². The number of benzene rings is 1. The summed E-state index contributed by atoms with van der Waals surface area (Å²) in [5.74, 6) is 0. The molecular weight excluding hydrogens is 294 g/mol. The zero-order valence-corrected chi connectivity index (χ0v) is 13.3. The highest BCUT2D eigenvalue weighted by Gasteiger charge is 2.10. The highest BCUT2D eigenvalue weighted by molar-refractivity contribution is 7.90. The fourth-order valence-electron chi connectivity index (χ4n) is 1.90. The minimum absolute atomic E-state index is 0.222. The van der Waals surface area contributed by atoms with Crippen LogP contribution in [0.15, 0.2) is 81.7 Å². The predicted octanol–water partition coefficient (Wildman–Crippen LogP) is 4.14. The van der Waals surface area contributed by atoms with E-state index in [9.17, 15) is 8.42 Å². The third-order valence-electron chi connectivity index (χ3n) is 3.13. The summed E-state index contributed by atoms with van der Waals surface area (Å²) in [6.07, 6.45) is 16.8. The van der Waals surface area contributed by atoms with Gasteiger partial charge in [0.15, 0.2) is 0 Å². The molecule has 1 aromatic carbocycles. The SMILES string of the molecule is Cc1ccc(S(=O)(=O)N=CC/C=C\C=C2\C=CC=CC2)cc1.